The van der Waals surface area contributed by atoms with Gasteiger partial charge in [0.2, 0.25) is 6.79 Å². The predicted octanol–water partition coefficient (Wildman–Crippen LogP) is 3.64. The maximum atomic E-state index is 5.59. The monoisotopic (exact) mass is 342 g/mol. The summed E-state index contributed by atoms with van der Waals surface area (Å²) in [4.78, 5) is 5.59. The van der Waals surface area contributed by atoms with E-state index in [9.17, 15) is 0 Å². The lowest BCUT2D eigenvalue weighted by atomic mass is 9.78. The highest BCUT2D eigenvalue weighted by Gasteiger charge is 2.42. The van der Waals surface area contributed by atoms with Gasteiger partial charge in [-0.3, -0.25) is 9.80 Å². The highest BCUT2D eigenvalue weighted by atomic mass is 16.7. The Hall–Kier alpha value is -1.26. The van der Waals surface area contributed by atoms with E-state index in [4.69, 9.17) is 9.47 Å². The van der Waals surface area contributed by atoms with E-state index < -0.39 is 0 Å². The molecular formula is C21H30N2O2. The molecule has 0 N–H and O–H groups in total. The summed E-state index contributed by atoms with van der Waals surface area (Å²) in [5.74, 6) is 2.72. The third-order valence-electron chi connectivity index (χ3n) is 6.86. The molecule has 1 aliphatic carbocycles. The minimum Gasteiger partial charge on any atom is -0.454 e. The molecule has 3 fully saturated rings. The van der Waals surface area contributed by atoms with Crippen LogP contribution in [-0.4, -0.2) is 48.3 Å². The van der Waals surface area contributed by atoms with Crippen molar-refractivity contribution in [1.29, 1.82) is 0 Å². The second-order valence-corrected chi connectivity index (χ2v) is 8.29. The molecule has 2 atom stereocenters. The summed E-state index contributed by atoms with van der Waals surface area (Å²) in [6.07, 6.45) is 9.99. The fraction of sp³-hybridized carbons (Fsp3) is 0.714. The summed E-state index contributed by atoms with van der Waals surface area (Å²) in [5.41, 5.74) is 1.37. The molecule has 4 aliphatic rings. The molecular weight excluding hydrogens is 312 g/mol. The number of piperazine rings is 1. The molecule has 4 heteroatoms. The van der Waals surface area contributed by atoms with Crippen LogP contribution in [0, 0.1) is 5.92 Å². The molecule has 2 unspecified atom stereocenters. The van der Waals surface area contributed by atoms with Gasteiger partial charge in [-0.25, -0.2) is 0 Å². The van der Waals surface area contributed by atoms with Gasteiger partial charge in [-0.1, -0.05) is 25.3 Å². The molecule has 4 nitrogen and oxygen atoms in total. The average Bonchev–Trinajstić information content (AvgIpc) is 3.30. The van der Waals surface area contributed by atoms with E-state index in [1.807, 2.05) is 0 Å². The Morgan fingerprint density at radius 2 is 1.76 bits per heavy atom. The summed E-state index contributed by atoms with van der Waals surface area (Å²) in [6.45, 7) is 5.21. The third-order valence-corrected chi connectivity index (χ3v) is 6.86. The molecule has 2 saturated heterocycles. The van der Waals surface area contributed by atoms with Crippen LogP contribution in [0.15, 0.2) is 18.2 Å². The molecule has 3 heterocycles. The van der Waals surface area contributed by atoms with Gasteiger partial charge in [-0.2, -0.15) is 0 Å². The minimum absolute atomic E-state index is 0.365. The van der Waals surface area contributed by atoms with Crippen LogP contribution in [-0.2, 0) is 6.54 Å². The van der Waals surface area contributed by atoms with E-state index in [0.29, 0.717) is 6.79 Å². The Balaban J connectivity index is 1.37. The van der Waals surface area contributed by atoms with Crippen LogP contribution in [0.3, 0.4) is 0 Å². The number of fused-ring (bicyclic) bond motifs is 2. The zero-order valence-corrected chi connectivity index (χ0v) is 15.2. The van der Waals surface area contributed by atoms with Gasteiger partial charge in [0.25, 0.3) is 0 Å². The first-order chi connectivity index (χ1) is 12.4. The summed E-state index contributed by atoms with van der Waals surface area (Å²) in [5, 5.41) is 0. The molecule has 0 radical (unpaired) electrons. The van der Waals surface area contributed by atoms with E-state index in [1.165, 1.54) is 70.1 Å². The van der Waals surface area contributed by atoms with Crippen LogP contribution in [0.1, 0.15) is 50.5 Å². The summed E-state index contributed by atoms with van der Waals surface area (Å²) < 4.78 is 11.1. The largest absolute Gasteiger partial charge is 0.454 e. The third kappa shape index (κ3) is 3.04. The molecule has 0 spiro atoms. The molecule has 5 rings (SSSR count). The van der Waals surface area contributed by atoms with Gasteiger partial charge in [0.05, 0.1) is 0 Å². The standard InChI is InChI=1S/C21H30N2O2/c1-2-5-17(6-3-1)21-18-7-4-10-22(18)11-12-23(21)14-16-8-9-19-20(13-16)25-15-24-19/h8-9,13,17-18,21H,1-7,10-12,14-15H2. The molecule has 1 aromatic carbocycles. The average molecular weight is 342 g/mol. The first kappa shape index (κ1) is 16.0. The SMILES string of the molecule is c1cc2c(cc1CN1CCN3CCCC3C1C1CCCCC1)OCO2. The van der Waals surface area contributed by atoms with Crippen molar-refractivity contribution in [3.8, 4) is 11.5 Å². The zero-order chi connectivity index (χ0) is 16.6. The lowest BCUT2D eigenvalue weighted by Gasteiger charge is -2.49. The fourth-order valence-corrected chi connectivity index (χ4v) is 5.71. The van der Waals surface area contributed by atoms with Crippen molar-refractivity contribution in [3.05, 3.63) is 23.8 Å². The van der Waals surface area contributed by atoms with Gasteiger partial charge in [0, 0.05) is 31.7 Å². The highest BCUT2D eigenvalue weighted by Crippen LogP contribution is 2.39. The van der Waals surface area contributed by atoms with Gasteiger partial charge in [-0.15, -0.1) is 0 Å². The smallest absolute Gasteiger partial charge is 0.231 e. The van der Waals surface area contributed by atoms with Crippen molar-refractivity contribution in [3.63, 3.8) is 0 Å². The van der Waals surface area contributed by atoms with Crippen molar-refractivity contribution in [1.82, 2.24) is 9.80 Å². The van der Waals surface area contributed by atoms with Gasteiger partial charge in [0.15, 0.2) is 11.5 Å². The van der Waals surface area contributed by atoms with Crippen LogP contribution in [0.4, 0.5) is 0 Å². The van der Waals surface area contributed by atoms with Crippen LogP contribution in [0.2, 0.25) is 0 Å². The molecule has 0 amide bonds. The molecule has 0 aromatic heterocycles. The predicted molar refractivity (Wildman–Crippen MR) is 97.9 cm³/mol. The van der Waals surface area contributed by atoms with Crippen molar-refractivity contribution >= 4 is 0 Å². The summed E-state index contributed by atoms with van der Waals surface area (Å²) in [7, 11) is 0. The number of ether oxygens (including phenoxy) is 2. The quantitative estimate of drug-likeness (QED) is 0.837. The fourth-order valence-electron chi connectivity index (χ4n) is 5.71. The van der Waals surface area contributed by atoms with Gasteiger partial charge in [0.1, 0.15) is 0 Å². The Labute approximate surface area is 151 Å². The second kappa shape index (κ2) is 6.81. The van der Waals surface area contributed by atoms with E-state index in [2.05, 4.69) is 28.0 Å². The zero-order valence-electron chi connectivity index (χ0n) is 15.2. The topological polar surface area (TPSA) is 24.9 Å². The first-order valence-electron chi connectivity index (χ1n) is 10.2. The number of hydrogen-bond donors (Lipinski definition) is 0. The normalized spacial score (nSPS) is 30.6. The maximum Gasteiger partial charge on any atom is 0.231 e. The number of nitrogens with zero attached hydrogens (tertiary/aromatic N) is 2. The van der Waals surface area contributed by atoms with Gasteiger partial charge >= 0.3 is 0 Å². The minimum atomic E-state index is 0.365. The van der Waals surface area contributed by atoms with E-state index in [1.54, 1.807) is 0 Å². The van der Waals surface area contributed by atoms with Crippen LogP contribution >= 0.6 is 0 Å². The Kier molecular flexibility index (Phi) is 4.34. The number of rotatable bonds is 3. The number of benzene rings is 1. The highest BCUT2D eigenvalue weighted by molar-refractivity contribution is 5.44. The number of hydrogen-bond acceptors (Lipinski definition) is 4. The van der Waals surface area contributed by atoms with Gasteiger partial charge < -0.3 is 9.47 Å². The van der Waals surface area contributed by atoms with Crippen LogP contribution in [0.5, 0.6) is 11.5 Å². The van der Waals surface area contributed by atoms with Gasteiger partial charge in [-0.05, 0) is 55.8 Å². The van der Waals surface area contributed by atoms with E-state index in [0.717, 1.165) is 36.0 Å². The van der Waals surface area contributed by atoms with E-state index >= 15 is 0 Å². The summed E-state index contributed by atoms with van der Waals surface area (Å²) >= 11 is 0. The van der Waals surface area contributed by atoms with Crippen molar-refractivity contribution in [2.75, 3.05) is 26.4 Å². The maximum absolute atomic E-state index is 5.59. The molecule has 1 saturated carbocycles. The molecule has 1 aromatic rings. The van der Waals surface area contributed by atoms with Crippen LogP contribution < -0.4 is 9.47 Å². The Morgan fingerprint density at radius 1 is 0.880 bits per heavy atom. The van der Waals surface area contributed by atoms with Crippen LogP contribution in [0.25, 0.3) is 0 Å². The molecule has 0 bridgehead atoms. The molecule has 136 valence electrons. The Bertz CT molecular complexity index is 614. The lowest BCUT2D eigenvalue weighted by Crippen LogP contribution is -2.59. The first-order valence-corrected chi connectivity index (χ1v) is 10.2. The molecule has 25 heavy (non-hydrogen) atoms. The summed E-state index contributed by atoms with van der Waals surface area (Å²) in [6, 6.07) is 8.06. The van der Waals surface area contributed by atoms with Crippen molar-refractivity contribution in [2.24, 2.45) is 5.92 Å². The Morgan fingerprint density at radius 3 is 2.68 bits per heavy atom. The second-order valence-electron chi connectivity index (χ2n) is 8.29. The lowest BCUT2D eigenvalue weighted by molar-refractivity contribution is -0.00381. The van der Waals surface area contributed by atoms with Crippen molar-refractivity contribution < 1.29 is 9.47 Å². The van der Waals surface area contributed by atoms with E-state index in [-0.39, 0.29) is 0 Å². The molecule has 3 aliphatic heterocycles. The van der Waals surface area contributed by atoms with Crippen molar-refractivity contribution in [2.45, 2.75) is 63.6 Å².